The van der Waals surface area contributed by atoms with Crippen LogP contribution >= 0.6 is 0 Å². The second kappa shape index (κ2) is 6.50. The predicted octanol–water partition coefficient (Wildman–Crippen LogP) is 3.66. The molecule has 1 heterocycles. The SMILES string of the molecule is COCCCOc1cc(C(C)NC2CC2)cc2ccoc12. The molecule has 0 aliphatic heterocycles. The van der Waals surface area contributed by atoms with Gasteiger partial charge in [0, 0.05) is 37.6 Å². The Morgan fingerprint density at radius 3 is 2.95 bits per heavy atom. The molecule has 1 fully saturated rings. The van der Waals surface area contributed by atoms with Gasteiger partial charge in [-0.3, -0.25) is 0 Å². The van der Waals surface area contributed by atoms with Gasteiger partial charge in [0.15, 0.2) is 11.3 Å². The number of furan rings is 1. The van der Waals surface area contributed by atoms with Gasteiger partial charge in [-0.05, 0) is 43.5 Å². The summed E-state index contributed by atoms with van der Waals surface area (Å²) in [5.41, 5.74) is 2.08. The van der Waals surface area contributed by atoms with E-state index in [1.54, 1.807) is 13.4 Å². The number of rotatable bonds is 8. The monoisotopic (exact) mass is 289 g/mol. The van der Waals surface area contributed by atoms with Crippen molar-refractivity contribution in [2.75, 3.05) is 20.3 Å². The van der Waals surface area contributed by atoms with Gasteiger partial charge in [-0.15, -0.1) is 0 Å². The second-order valence-corrected chi connectivity index (χ2v) is 5.72. The Bertz CT molecular complexity index is 589. The van der Waals surface area contributed by atoms with E-state index < -0.39 is 0 Å². The third-order valence-corrected chi connectivity index (χ3v) is 3.85. The van der Waals surface area contributed by atoms with Crippen LogP contribution in [0.3, 0.4) is 0 Å². The number of hydrogen-bond acceptors (Lipinski definition) is 4. The van der Waals surface area contributed by atoms with Crippen molar-refractivity contribution in [1.29, 1.82) is 0 Å². The van der Waals surface area contributed by atoms with E-state index in [-0.39, 0.29) is 0 Å². The summed E-state index contributed by atoms with van der Waals surface area (Å²) in [6.07, 6.45) is 5.17. The molecule has 1 N–H and O–H groups in total. The minimum Gasteiger partial charge on any atom is -0.490 e. The maximum Gasteiger partial charge on any atom is 0.175 e. The fraction of sp³-hybridized carbons (Fsp3) is 0.529. The molecule has 0 saturated heterocycles. The molecule has 0 amide bonds. The Balaban J connectivity index is 1.77. The van der Waals surface area contributed by atoms with Gasteiger partial charge in [0.2, 0.25) is 0 Å². The third kappa shape index (κ3) is 3.57. The van der Waals surface area contributed by atoms with E-state index in [2.05, 4.69) is 24.4 Å². The minimum atomic E-state index is 0.332. The maximum atomic E-state index is 5.89. The third-order valence-electron chi connectivity index (χ3n) is 3.85. The number of fused-ring (bicyclic) bond motifs is 1. The van der Waals surface area contributed by atoms with Crippen molar-refractivity contribution in [3.8, 4) is 5.75 Å². The summed E-state index contributed by atoms with van der Waals surface area (Å²) in [7, 11) is 1.70. The standard InChI is InChI=1S/C17H23NO3/c1-12(18-15-4-5-15)14-10-13-6-9-21-17(13)16(11-14)20-8-3-7-19-2/h6,9-12,15,18H,3-5,7-8H2,1-2H3. The van der Waals surface area contributed by atoms with Crippen LogP contribution in [0.15, 0.2) is 28.9 Å². The first-order chi connectivity index (χ1) is 10.3. The molecule has 0 spiro atoms. The zero-order chi connectivity index (χ0) is 14.7. The topological polar surface area (TPSA) is 43.6 Å². The van der Waals surface area contributed by atoms with Crippen molar-refractivity contribution in [2.24, 2.45) is 0 Å². The predicted molar refractivity (Wildman–Crippen MR) is 82.8 cm³/mol. The highest BCUT2D eigenvalue weighted by Gasteiger charge is 2.24. The van der Waals surface area contributed by atoms with E-state index in [4.69, 9.17) is 13.9 Å². The molecule has 1 unspecified atom stereocenters. The van der Waals surface area contributed by atoms with Gasteiger partial charge < -0.3 is 19.2 Å². The zero-order valence-electron chi connectivity index (χ0n) is 12.7. The molecule has 21 heavy (non-hydrogen) atoms. The van der Waals surface area contributed by atoms with E-state index in [1.807, 2.05) is 6.07 Å². The molecule has 114 valence electrons. The first-order valence-electron chi connectivity index (χ1n) is 7.67. The Morgan fingerprint density at radius 1 is 1.33 bits per heavy atom. The molecule has 2 aromatic rings. The number of methoxy groups -OCH3 is 1. The van der Waals surface area contributed by atoms with Gasteiger partial charge >= 0.3 is 0 Å². The summed E-state index contributed by atoms with van der Waals surface area (Å²) >= 11 is 0. The van der Waals surface area contributed by atoms with Crippen LogP contribution in [0.1, 0.15) is 37.8 Å². The van der Waals surface area contributed by atoms with Crippen LogP contribution in [-0.4, -0.2) is 26.4 Å². The van der Waals surface area contributed by atoms with Crippen molar-refractivity contribution in [1.82, 2.24) is 5.32 Å². The molecule has 1 atom stereocenters. The molecule has 0 bridgehead atoms. The Hall–Kier alpha value is -1.52. The fourth-order valence-electron chi connectivity index (χ4n) is 2.51. The van der Waals surface area contributed by atoms with Crippen LogP contribution in [0.4, 0.5) is 0 Å². The first-order valence-corrected chi connectivity index (χ1v) is 7.67. The molecule has 4 heteroatoms. The van der Waals surface area contributed by atoms with Crippen LogP contribution in [0.2, 0.25) is 0 Å². The largest absolute Gasteiger partial charge is 0.490 e. The maximum absolute atomic E-state index is 5.89. The highest BCUT2D eigenvalue weighted by atomic mass is 16.5. The van der Waals surface area contributed by atoms with Crippen LogP contribution in [-0.2, 0) is 4.74 Å². The molecule has 1 aromatic carbocycles. The quantitative estimate of drug-likeness (QED) is 0.753. The zero-order valence-corrected chi connectivity index (χ0v) is 12.7. The molecular weight excluding hydrogens is 266 g/mol. The summed E-state index contributed by atoms with van der Waals surface area (Å²) in [4.78, 5) is 0. The molecule has 1 aliphatic carbocycles. The van der Waals surface area contributed by atoms with Crippen molar-refractivity contribution >= 4 is 11.0 Å². The highest BCUT2D eigenvalue weighted by molar-refractivity contribution is 5.84. The van der Waals surface area contributed by atoms with E-state index in [0.29, 0.717) is 25.3 Å². The second-order valence-electron chi connectivity index (χ2n) is 5.72. The van der Waals surface area contributed by atoms with Gasteiger partial charge in [0.25, 0.3) is 0 Å². The molecule has 1 saturated carbocycles. The van der Waals surface area contributed by atoms with Gasteiger partial charge in [0.05, 0.1) is 12.9 Å². The van der Waals surface area contributed by atoms with E-state index in [0.717, 1.165) is 23.1 Å². The molecule has 0 radical (unpaired) electrons. The summed E-state index contributed by atoms with van der Waals surface area (Å²) in [6, 6.07) is 7.29. The van der Waals surface area contributed by atoms with Crippen LogP contribution < -0.4 is 10.1 Å². The Kier molecular flexibility index (Phi) is 4.46. The molecule has 3 rings (SSSR count). The molecule has 1 aromatic heterocycles. The lowest BCUT2D eigenvalue weighted by Crippen LogP contribution is -2.20. The van der Waals surface area contributed by atoms with Crippen molar-refractivity contribution in [3.63, 3.8) is 0 Å². The lowest BCUT2D eigenvalue weighted by Gasteiger charge is -2.15. The lowest BCUT2D eigenvalue weighted by atomic mass is 10.1. The minimum absolute atomic E-state index is 0.332. The number of hydrogen-bond donors (Lipinski definition) is 1. The number of nitrogens with one attached hydrogen (secondary N) is 1. The molecule has 1 aliphatic rings. The Labute approximate surface area is 125 Å². The van der Waals surface area contributed by atoms with Crippen molar-refractivity contribution < 1.29 is 13.9 Å². The van der Waals surface area contributed by atoms with Gasteiger partial charge in [-0.1, -0.05) is 0 Å². The van der Waals surface area contributed by atoms with Gasteiger partial charge in [-0.25, -0.2) is 0 Å². The average molecular weight is 289 g/mol. The normalized spacial score (nSPS) is 16.3. The smallest absolute Gasteiger partial charge is 0.175 e. The van der Waals surface area contributed by atoms with E-state index in [1.165, 1.54) is 18.4 Å². The van der Waals surface area contributed by atoms with Gasteiger partial charge in [0.1, 0.15) is 0 Å². The summed E-state index contributed by atoms with van der Waals surface area (Å²) in [6.45, 7) is 3.55. The van der Waals surface area contributed by atoms with Crippen LogP contribution in [0.5, 0.6) is 5.75 Å². The average Bonchev–Trinajstić information content (AvgIpc) is 3.16. The van der Waals surface area contributed by atoms with Gasteiger partial charge in [-0.2, -0.15) is 0 Å². The van der Waals surface area contributed by atoms with Crippen molar-refractivity contribution in [2.45, 2.75) is 38.3 Å². The number of benzene rings is 1. The van der Waals surface area contributed by atoms with Crippen LogP contribution in [0, 0.1) is 0 Å². The number of ether oxygens (including phenoxy) is 2. The Morgan fingerprint density at radius 2 is 2.19 bits per heavy atom. The van der Waals surface area contributed by atoms with E-state index >= 15 is 0 Å². The van der Waals surface area contributed by atoms with Crippen molar-refractivity contribution in [3.05, 3.63) is 30.0 Å². The fourth-order valence-corrected chi connectivity index (χ4v) is 2.51. The highest BCUT2D eigenvalue weighted by Crippen LogP contribution is 2.32. The summed E-state index contributed by atoms with van der Waals surface area (Å²) in [5.74, 6) is 0.827. The molecular formula is C17H23NO3. The lowest BCUT2D eigenvalue weighted by molar-refractivity contribution is 0.172. The molecule has 4 nitrogen and oxygen atoms in total. The summed E-state index contributed by atoms with van der Waals surface area (Å²) < 4.78 is 16.5. The van der Waals surface area contributed by atoms with E-state index in [9.17, 15) is 0 Å². The first kappa shape index (κ1) is 14.4. The van der Waals surface area contributed by atoms with Crippen LogP contribution in [0.25, 0.3) is 11.0 Å². The summed E-state index contributed by atoms with van der Waals surface area (Å²) in [5, 5.41) is 4.72.